The number of hydrogen-bond donors (Lipinski definition) is 1. The van der Waals surface area contributed by atoms with Gasteiger partial charge in [0.25, 0.3) is 0 Å². The van der Waals surface area contributed by atoms with Crippen LogP contribution in [0.4, 0.5) is 0 Å². The van der Waals surface area contributed by atoms with E-state index < -0.39 is 0 Å². The molecule has 136 valence electrons. The molecule has 0 radical (unpaired) electrons. The fourth-order valence-corrected chi connectivity index (χ4v) is 11.1. The Morgan fingerprint density at radius 3 is 2.76 bits per heavy atom. The average molecular weight is 343 g/mol. The van der Waals surface area contributed by atoms with Crippen molar-refractivity contribution in [2.45, 2.75) is 81.4 Å². The van der Waals surface area contributed by atoms with Gasteiger partial charge in [-0.05, 0) is 69.6 Å². The highest BCUT2D eigenvalue weighted by molar-refractivity contribution is 5.78. The molecule has 1 N–H and O–H groups in total. The molecule has 2 spiro atoms. The summed E-state index contributed by atoms with van der Waals surface area (Å²) in [5, 5.41) is 10.9. The lowest BCUT2D eigenvalue weighted by Gasteiger charge is -2.62. The third-order valence-electron chi connectivity index (χ3n) is 11.0. The van der Waals surface area contributed by atoms with Crippen LogP contribution in [0, 0.1) is 28.6 Å². The van der Waals surface area contributed by atoms with Crippen LogP contribution >= 0.6 is 0 Å². The minimum atomic E-state index is -0.269. The first kappa shape index (κ1) is 14.4. The lowest BCUT2D eigenvalue weighted by Crippen LogP contribution is -2.70. The molecule has 4 heteroatoms. The Kier molecular flexibility index (Phi) is 2.13. The summed E-state index contributed by atoms with van der Waals surface area (Å²) >= 11 is 0. The normalized spacial score (nSPS) is 67.7. The molecule has 4 nitrogen and oxygen atoms in total. The standard InChI is InChI=1S/C21H29NO3/c1-2-18-7-8-19(12-23)21-15-4-6-20(21)5-3-13(11-22(18)19)9-17(18,21)10-14(15)16(24)25-20/h13-15,23H,2-12H2,1H3/t13-,14+,15+,17-,18?,19-,20+,21-/m0/s1. The summed E-state index contributed by atoms with van der Waals surface area (Å²) in [4.78, 5) is 15.8. The number of rotatable bonds is 2. The van der Waals surface area contributed by atoms with E-state index >= 15 is 0 Å². The molecular weight excluding hydrogens is 314 g/mol. The molecule has 25 heavy (non-hydrogen) atoms. The van der Waals surface area contributed by atoms with Gasteiger partial charge in [0, 0.05) is 22.9 Å². The van der Waals surface area contributed by atoms with Crippen molar-refractivity contribution >= 4 is 5.97 Å². The Balaban J connectivity index is 1.65. The Labute approximate surface area is 149 Å². The fourth-order valence-electron chi connectivity index (χ4n) is 11.1. The number of carbonyl (C=O) groups is 1. The highest BCUT2D eigenvalue weighted by Crippen LogP contribution is 2.91. The third kappa shape index (κ3) is 0.964. The van der Waals surface area contributed by atoms with Crippen LogP contribution in [0.1, 0.15) is 64.7 Å². The highest BCUT2D eigenvalue weighted by atomic mass is 16.6. The number of esters is 1. The topological polar surface area (TPSA) is 49.8 Å². The summed E-state index contributed by atoms with van der Waals surface area (Å²) < 4.78 is 6.46. The van der Waals surface area contributed by atoms with Crippen LogP contribution in [0.5, 0.6) is 0 Å². The quantitative estimate of drug-likeness (QED) is 0.783. The largest absolute Gasteiger partial charge is 0.458 e. The number of fused-ring (bicyclic) bond motifs is 1. The van der Waals surface area contributed by atoms with Gasteiger partial charge in [0.05, 0.1) is 18.1 Å². The number of aliphatic hydroxyl groups excluding tert-OH is 1. The summed E-state index contributed by atoms with van der Waals surface area (Å²) in [6, 6.07) is 0. The molecule has 9 bridgehead atoms. The van der Waals surface area contributed by atoms with Crippen molar-refractivity contribution in [2.75, 3.05) is 13.2 Å². The van der Waals surface area contributed by atoms with Gasteiger partial charge in [-0.2, -0.15) is 0 Å². The van der Waals surface area contributed by atoms with Gasteiger partial charge >= 0.3 is 5.97 Å². The zero-order valence-corrected chi connectivity index (χ0v) is 15.2. The van der Waals surface area contributed by atoms with E-state index in [1.54, 1.807) is 0 Å². The number of piperidine rings is 1. The van der Waals surface area contributed by atoms with E-state index in [1.807, 2.05) is 0 Å². The maximum atomic E-state index is 13.0. The number of hydrogen-bond acceptors (Lipinski definition) is 4. The Hall–Kier alpha value is -0.610. The number of ether oxygens (including phenoxy) is 1. The monoisotopic (exact) mass is 343 g/mol. The van der Waals surface area contributed by atoms with Crippen molar-refractivity contribution in [3.63, 3.8) is 0 Å². The van der Waals surface area contributed by atoms with Crippen molar-refractivity contribution in [1.29, 1.82) is 0 Å². The first-order valence-corrected chi connectivity index (χ1v) is 10.7. The SMILES string of the molecule is CCC12CC[C@@]3(CO)N1C[C@H]1CC[C@@]45CC[C@@H]6[C@@H](C[C@]2(C1)[C@]643)C(=O)O5. The fraction of sp³-hybridized carbons (Fsp3) is 0.952. The minimum absolute atomic E-state index is 0.0415. The molecule has 9 atom stereocenters. The summed E-state index contributed by atoms with van der Waals surface area (Å²) in [5.41, 5.74) is 0.0875. The highest BCUT2D eigenvalue weighted by Gasteiger charge is 2.96. The molecule has 7 aliphatic rings. The van der Waals surface area contributed by atoms with Gasteiger partial charge in [-0.25, -0.2) is 0 Å². The van der Waals surface area contributed by atoms with Gasteiger partial charge in [0.1, 0.15) is 5.60 Å². The number of aliphatic hydroxyl groups is 1. The van der Waals surface area contributed by atoms with Crippen LogP contribution in [0.25, 0.3) is 0 Å². The van der Waals surface area contributed by atoms with Crippen molar-refractivity contribution in [3.05, 3.63) is 0 Å². The molecule has 4 aliphatic heterocycles. The number of nitrogens with zero attached hydrogens (tertiary/aromatic N) is 1. The van der Waals surface area contributed by atoms with Crippen molar-refractivity contribution in [1.82, 2.24) is 4.90 Å². The van der Waals surface area contributed by atoms with E-state index in [2.05, 4.69) is 11.8 Å². The molecule has 7 rings (SSSR count). The van der Waals surface area contributed by atoms with Crippen molar-refractivity contribution in [3.8, 4) is 0 Å². The van der Waals surface area contributed by atoms with E-state index in [0.29, 0.717) is 5.92 Å². The molecular formula is C21H29NO3. The summed E-state index contributed by atoms with van der Waals surface area (Å²) in [6.07, 6.45) is 10.4. The van der Waals surface area contributed by atoms with Gasteiger partial charge < -0.3 is 9.84 Å². The Morgan fingerprint density at radius 1 is 1.16 bits per heavy atom. The summed E-state index contributed by atoms with van der Waals surface area (Å²) in [5.74, 6) is 1.44. The first-order chi connectivity index (χ1) is 12.1. The molecule has 4 saturated heterocycles. The van der Waals surface area contributed by atoms with Crippen molar-refractivity contribution < 1.29 is 14.6 Å². The van der Waals surface area contributed by atoms with Gasteiger partial charge in [0.15, 0.2) is 0 Å². The molecule has 7 fully saturated rings. The van der Waals surface area contributed by atoms with E-state index in [4.69, 9.17) is 4.74 Å². The molecule has 0 aromatic carbocycles. The predicted molar refractivity (Wildman–Crippen MR) is 90.6 cm³/mol. The molecule has 2 unspecified atom stereocenters. The van der Waals surface area contributed by atoms with Crippen LogP contribution in [0.3, 0.4) is 0 Å². The second kappa shape index (κ2) is 3.69. The molecule has 0 aromatic rings. The maximum Gasteiger partial charge on any atom is 0.309 e. The predicted octanol–water partition coefficient (Wildman–Crippen LogP) is 2.49. The van der Waals surface area contributed by atoms with Crippen LogP contribution in [0.15, 0.2) is 0 Å². The lowest BCUT2D eigenvalue weighted by atomic mass is 9.42. The van der Waals surface area contributed by atoms with Gasteiger partial charge in [-0.15, -0.1) is 0 Å². The van der Waals surface area contributed by atoms with E-state index in [9.17, 15) is 9.90 Å². The molecule has 0 amide bonds. The van der Waals surface area contributed by atoms with Crippen LogP contribution in [-0.4, -0.2) is 45.8 Å². The first-order valence-electron chi connectivity index (χ1n) is 10.7. The van der Waals surface area contributed by atoms with Crippen LogP contribution in [-0.2, 0) is 9.53 Å². The zero-order valence-electron chi connectivity index (χ0n) is 15.2. The van der Waals surface area contributed by atoms with Crippen LogP contribution in [0.2, 0.25) is 0 Å². The van der Waals surface area contributed by atoms with E-state index in [-0.39, 0.29) is 46.0 Å². The zero-order chi connectivity index (χ0) is 16.9. The molecule has 3 aliphatic carbocycles. The Bertz CT molecular complexity index is 724. The average Bonchev–Trinajstić information content (AvgIpc) is 3.16. The van der Waals surface area contributed by atoms with Gasteiger partial charge in [-0.1, -0.05) is 6.92 Å². The second-order valence-electron chi connectivity index (χ2n) is 10.6. The Morgan fingerprint density at radius 2 is 1.96 bits per heavy atom. The second-order valence-corrected chi connectivity index (χ2v) is 10.6. The lowest BCUT2D eigenvalue weighted by molar-refractivity contribution is -0.226. The molecule has 4 heterocycles. The minimum Gasteiger partial charge on any atom is -0.458 e. The van der Waals surface area contributed by atoms with Gasteiger partial charge in [-0.3, -0.25) is 9.69 Å². The van der Waals surface area contributed by atoms with E-state index in [0.717, 1.165) is 38.0 Å². The van der Waals surface area contributed by atoms with Gasteiger partial charge in [0.2, 0.25) is 0 Å². The van der Waals surface area contributed by atoms with E-state index in [1.165, 1.54) is 32.2 Å². The van der Waals surface area contributed by atoms with Crippen LogP contribution < -0.4 is 0 Å². The molecule has 0 aromatic heterocycles. The maximum absolute atomic E-state index is 13.0. The summed E-state index contributed by atoms with van der Waals surface area (Å²) in [7, 11) is 0. The summed E-state index contributed by atoms with van der Waals surface area (Å²) in [6.45, 7) is 3.82. The van der Waals surface area contributed by atoms with Crippen molar-refractivity contribution in [2.24, 2.45) is 28.6 Å². The number of carbonyl (C=O) groups excluding carboxylic acids is 1. The molecule has 3 saturated carbocycles. The third-order valence-corrected chi connectivity index (χ3v) is 11.0. The smallest absolute Gasteiger partial charge is 0.309 e.